The van der Waals surface area contributed by atoms with Crippen LogP contribution < -0.4 is 5.32 Å². The Balaban J connectivity index is 2.28. The highest BCUT2D eigenvalue weighted by Crippen LogP contribution is 2.22. The van der Waals surface area contributed by atoms with E-state index in [0.29, 0.717) is 11.6 Å². The molecule has 2 N–H and O–H groups in total. The lowest BCUT2D eigenvalue weighted by atomic mass is 10.2. The van der Waals surface area contributed by atoms with Crippen LogP contribution in [-0.4, -0.2) is 34.7 Å². The molecule has 7 heteroatoms. The molecular weight excluding hydrogens is 288 g/mol. The van der Waals surface area contributed by atoms with Crippen molar-refractivity contribution in [1.29, 1.82) is 0 Å². The number of aliphatic hydroxyl groups excluding tert-OH is 1. The van der Waals surface area contributed by atoms with Crippen LogP contribution in [0.15, 0.2) is 18.2 Å². The summed E-state index contributed by atoms with van der Waals surface area (Å²) < 4.78 is 0. The van der Waals surface area contributed by atoms with E-state index < -0.39 is 4.92 Å². The summed E-state index contributed by atoms with van der Waals surface area (Å²) in [6, 6.07) is 4.50. The van der Waals surface area contributed by atoms with Crippen molar-refractivity contribution in [2.24, 2.45) is 0 Å². The number of nitrogens with zero attached hydrogens (tertiary/aromatic N) is 1. The molecule has 19 heavy (non-hydrogen) atoms. The highest BCUT2D eigenvalue weighted by atomic mass is 35.5. The van der Waals surface area contributed by atoms with Crippen molar-refractivity contribution in [3.8, 4) is 0 Å². The number of aliphatic hydroxyl groups is 1. The van der Waals surface area contributed by atoms with Gasteiger partial charge in [0.05, 0.1) is 9.95 Å². The van der Waals surface area contributed by atoms with Gasteiger partial charge in [0, 0.05) is 37.6 Å². The standard InChI is InChI=1S/C12H17ClN2O3S/c13-12-8-11(15(17)18)3-2-10(12)9-14-4-7-19-6-1-5-16/h2-3,8,14,16H,1,4-7,9H2. The third kappa shape index (κ3) is 6.24. The van der Waals surface area contributed by atoms with Crippen LogP contribution in [0.4, 0.5) is 5.69 Å². The zero-order valence-electron chi connectivity index (χ0n) is 10.5. The van der Waals surface area contributed by atoms with Crippen LogP contribution in [0.2, 0.25) is 5.02 Å². The SMILES string of the molecule is O=[N+]([O-])c1ccc(CNCCSCCCO)c(Cl)c1. The molecule has 0 bridgehead atoms. The topological polar surface area (TPSA) is 75.4 Å². The van der Waals surface area contributed by atoms with Crippen molar-refractivity contribution >= 4 is 29.1 Å². The van der Waals surface area contributed by atoms with Gasteiger partial charge in [-0.05, 0) is 23.8 Å². The van der Waals surface area contributed by atoms with Gasteiger partial charge in [-0.25, -0.2) is 0 Å². The molecule has 0 heterocycles. The van der Waals surface area contributed by atoms with E-state index in [0.717, 1.165) is 30.0 Å². The monoisotopic (exact) mass is 304 g/mol. The van der Waals surface area contributed by atoms with Crippen LogP contribution in [0.1, 0.15) is 12.0 Å². The first kappa shape index (κ1) is 16.2. The van der Waals surface area contributed by atoms with Crippen LogP contribution in [0.25, 0.3) is 0 Å². The fourth-order valence-corrected chi connectivity index (χ4v) is 2.50. The predicted molar refractivity (Wildman–Crippen MR) is 78.8 cm³/mol. The van der Waals surface area contributed by atoms with Crippen molar-refractivity contribution < 1.29 is 10.0 Å². The summed E-state index contributed by atoms with van der Waals surface area (Å²) in [6.07, 6.45) is 0.818. The Hall–Kier alpha value is -0.820. The number of nitro groups is 1. The number of non-ortho nitro benzene ring substituents is 1. The molecule has 0 aliphatic carbocycles. The van der Waals surface area contributed by atoms with Gasteiger partial charge in [0.1, 0.15) is 0 Å². The summed E-state index contributed by atoms with van der Waals surface area (Å²) >= 11 is 7.76. The molecule has 0 aliphatic heterocycles. The highest BCUT2D eigenvalue weighted by molar-refractivity contribution is 7.99. The molecule has 0 spiro atoms. The molecule has 0 saturated carbocycles. The Morgan fingerprint density at radius 2 is 2.21 bits per heavy atom. The molecule has 0 atom stereocenters. The maximum absolute atomic E-state index is 10.6. The van der Waals surface area contributed by atoms with Gasteiger partial charge in [0.15, 0.2) is 0 Å². The third-order valence-corrected chi connectivity index (χ3v) is 3.85. The maximum Gasteiger partial charge on any atom is 0.270 e. The quantitative estimate of drug-likeness (QED) is 0.416. The second kappa shape index (κ2) is 9.14. The van der Waals surface area contributed by atoms with E-state index >= 15 is 0 Å². The van der Waals surface area contributed by atoms with E-state index in [-0.39, 0.29) is 12.3 Å². The van der Waals surface area contributed by atoms with E-state index in [2.05, 4.69) is 5.32 Å². The molecule has 0 amide bonds. The van der Waals surface area contributed by atoms with Crippen molar-refractivity contribution in [2.75, 3.05) is 24.7 Å². The number of hydrogen-bond acceptors (Lipinski definition) is 5. The van der Waals surface area contributed by atoms with Crippen LogP contribution in [0.5, 0.6) is 0 Å². The number of benzene rings is 1. The second-order valence-electron chi connectivity index (χ2n) is 3.90. The molecule has 1 aromatic carbocycles. The average Bonchev–Trinajstić information content (AvgIpc) is 2.39. The first-order valence-corrected chi connectivity index (χ1v) is 7.50. The Labute approximate surface area is 121 Å². The van der Waals surface area contributed by atoms with Crippen LogP contribution >= 0.6 is 23.4 Å². The number of hydrogen-bond donors (Lipinski definition) is 2. The number of rotatable bonds is 9. The molecule has 1 aromatic rings. The molecule has 106 valence electrons. The number of thioether (sulfide) groups is 1. The van der Waals surface area contributed by atoms with Crippen molar-refractivity contribution in [2.45, 2.75) is 13.0 Å². The van der Waals surface area contributed by atoms with Crippen molar-refractivity contribution in [1.82, 2.24) is 5.32 Å². The minimum Gasteiger partial charge on any atom is -0.396 e. The van der Waals surface area contributed by atoms with E-state index in [1.54, 1.807) is 17.8 Å². The first-order valence-electron chi connectivity index (χ1n) is 5.97. The minimum atomic E-state index is -0.457. The third-order valence-electron chi connectivity index (χ3n) is 2.43. The summed E-state index contributed by atoms with van der Waals surface area (Å²) in [7, 11) is 0. The van der Waals surface area contributed by atoms with Gasteiger partial charge >= 0.3 is 0 Å². The van der Waals surface area contributed by atoms with E-state index in [4.69, 9.17) is 16.7 Å². The lowest BCUT2D eigenvalue weighted by Gasteiger charge is -2.06. The van der Waals surface area contributed by atoms with Gasteiger partial charge in [0.2, 0.25) is 0 Å². The molecule has 0 radical (unpaired) electrons. The fraction of sp³-hybridized carbons (Fsp3) is 0.500. The molecule has 1 rings (SSSR count). The minimum absolute atomic E-state index is 0.00769. The predicted octanol–water partition coefficient (Wildman–Crippen LogP) is 2.45. The molecular formula is C12H17ClN2O3S. The van der Waals surface area contributed by atoms with Gasteiger partial charge < -0.3 is 10.4 Å². The molecule has 0 saturated heterocycles. The smallest absolute Gasteiger partial charge is 0.270 e. The number of halogens is 1. The Morgan fingerprint density at radius 1 is 1.42 bits per heavy atom. The molecule has 0 unspecified atom stereocenters. The zero-order chi connectivity index (χ0) is 14.1. The fourth-order valence-electron chi connectivity index (χ4n) is 1.43. The van der Waals surface area contributed by atoms with E-state index in [1.165, 1.54) is 12.1 Å². The number of nitro benzene ring substituents is 1. The summed E-state index contributed by atoms with van der Waals surface area (Å²) in [6.45, 7) is 1.67. The first-order chi connectivity index (χ1) is 9.15. The Morgan fingerprint density at radius 3 is 2.84 bits per heavy atom. The number of nitrogens with one attached hydrogen (secondary N) is 1. The Kier molecular flexibility index (Phi) is 7.81. The lowest BCUT2D eigenvalue weighted by Crippen LogP contribution is -2.17. The van der Waals surface area contributed by atoms with Gasteiger partial charge in [-0.3, -0.25) is 10.1 Å². The van der Waals surface area contributed by atoms with Crippen LogP contribution in [-0.2, 0) is 6.54 Å². The van der Waals surface area contributed by atoms with Crippen molar-refractivity contribution in [3.63, 3.8) is 0 Å². The zero-order valence-corrected chi connectivity index (χ0v) is 12.0. The summed E-state index contributed by atoms with van der Waals surface area (Å²) in [5.74, 6) is 1.92. The normalized spacial score (nSPS) is 10.6. The largest absolute Gasteiger partial charge is 0.396 e. The summed E-state index contributed by atoms with van der Waals surface area (Å²) in [5.41, 5.74) is 0.862. The maximum atomic E-state index is 10.6. The van der Waals surface area contributed by atoms with Gasteiger partial charge in [-0.15, -0.1) is 0 Å². The lowest BCUT2D eigenvalue weighted by molar-refractivity contribution is -0.384. The van der Waals surface area contributed by atoms with Crippen molar-refractivity contribution in [3.05, 3.63) is 38.9 Å². The average molecular weight is 305 g/mol. The van der Waals surface area contributed by atoms with Crippen LogP contribution in [0, 0.1) is 10.1 Å². The van der Waals surface area contributed by atoms with E-state index in [9.17, 15) is 10.1 Å². The summed E-state index contributed by atoms with van der Waals surface area (Å²) in [4.78, 5) is 10.1. The molecule has 0 aliphatic rings. The molecule has 0 fully saturated rings. The van der Waals surface area contributed by atoms with E-state index in [1.807, 2.05) is 0 Å². The molecule has 5 nitrogen and oxygen atoms in total. The summed E-state index contributed by atoms with van der Waals surface area (Å²) in [5, 5.41) is 22.8. The Bertz CT molecular complexity index is 418. The highest BCUT2D eigenvalue weighted by Gasteiger charge is 2.08. The van der Waals surface area contributed by atoms with Gasteiger partial charge in [-0.1, -0.05) is 11.6 Å². The molecule has 0 aromatic heterocycles. The van der Waals surface area contributed by atoms with Gasteiger partial charge in [-0.2, -0.15) is 11.8 Å². The second-order valence-corrected chi connectivity index (χ2v) is 5.53. The van der Waals surface area contributed by atoms with Crippen LogP contribution in [0.3, 0.4) is 0 Å². The van der Waals surface area contributed by atoms with Gasteiger partial charge in [0.25, 0.3) is 5.69 Å².